The van der Waals surface area contributed by atoms with Gasteiger partial charge >= 0.3 is 51.4 Å². The van der Waals surface area contributed by atoms with E-state index in [1.165, 1.54) is 6.07 Å². The normalized spacial score (nSPS) is 9.94. The summed E-state index contributed by atoms with van der Waals surface area (Å²) in [5.41, 5.74) is 2.10. The third-order valence-corrected chi connectivity index (χ3v) is 3.14. The van der Waals surface area contributed by atoms with E-state index in [0.29, 0.717) is 15.7 Å². The van der Waals surface area contributed by atoms with Crippen LogP contribution in [0.3, 0.4) is 0 Å². The molecular weight excluding hydrogens is 298 g/mol. The molecule has 1 aromatic carbocycles. The summed E-state index contributed by atoms with van der Waals surface area (Å²) >= 11 is 12.3. The van der Waals surface area contributed by atoms with Crippen molar-refractivity contribution in [2.75, 3.05) is 0 Å². The molecule has 0 aliphatic heterocycles. The van der Waals surface area contributed by atoms with Crippen molar-refractivity contribution in [3.8, 4) is 11.3 Å². The number of aromatic amines is 1. The van der Waals surface area contributed by atoms with Crippen molar-refractivity contribution < 1.29 is 0 Å². The summed E-state index contributed by atoms with van der Waals surface area (Å²) in [6.45, 7) is 1.99. The number of H-pyrrole nitrogens is 1. The van der Waals surface area contributed by atoms with Gasteiger partial charge in [0.2, 0.25) is 0 Å². The summed E-state index contributed by atoms with van der Waals surface area (Å²) in [5.74, 6) is 0. The molecule has 0 radical (unpaired) electrons. The Morgan fingerprint density at radius 2 is 1.83 bits per heavy atom. The molecule has 0 bridgehead atoms. The average molecular weight is 309 g/mol. The standard InChI is InChI=1S/C12H10Cl2N2O.K.H/c1-2-8-9(13)5-7(6-10(8)14)11-3-4-12(17)16-15-11;;/h3-6H,2H2,1H3,(H,16,17);;. The Morgan fingerprint density at radius 1 is 1.22 bits per heavy atom. The quantitative estimate of drug-likeness (QED) is 0.867. The fourth-order valence-corrected chi connectivity index (χ4v) is 2.35. The van der Waals surface area contributed by atoms with Crippen molar-refractivity contribution in [1.82, 2.24) is 10.2 Å². The van der Waals surface area contributed by atoms with Crippen LogP contribution in [0.1, 0.15) is 12.5 Å². The zero-order valence-corrected chi connectivity index (χ0v) is 10.6. The molecule has 1 N–H and O–H groups in total. The molecular formula is C12H11Cl2KN2O. The molecule has 0 atom stereocenters. The molecule has 0 amide bonds. The van der Waals surface area contributed by atoms with Gasteiger partial charge in [-0.1, -0.05) is 30.1 Å². The summed E-state index contributed by atoms with van der Waals surface area (Å²) in [6, 6.07) is 6.64. The minimum absolute atomic E-state index is 0. The van der Waals surface area contributed by atoms with Crippen LogP contribution < -0.4 is 5.56 Å². The molecule has 0 fully saturated rings. The Labute approximate surface area is 157 Å². The zero-order chi connectivity index (χ0) is 12.4. The van der Waals surface area contributed by atoms with Crippen LogP contribution in [0.2, 0.25) is 10.0 Å². The van der Waals surface area contributed by atoms with Gasteiger partial charge in [-0.2, -0.15) is 5.10 Å². The number of aromatic nitrogens is 2. The van der Waals surface area contributed by atoms with Gasteiger partial charge in [-0.05, 0) is 30.2 Å². The van der Waals surface area contributed by atoms with Crippen LogP contribution in [0, 0.1) is 0 Å². The van der Waals surface area contributed by atoms with Gasteiger partial charge < -0.3 is 0 Å². The topological polar surface area (TPSA) is 45.8 Å². The van der Waals surface area contributed by atoms with E-state index in [-0.39, 0.29) is 56.9 Å². The summed E-state index contributed by atoms with van der Waals surface area (Å²) in [7, 11) is 0. The summed E-state index contributed by atoms with van der Waals surface area (Å²) in [5, 5.41) is 7.53. The summed E-state index contributed by atoms with van der Waals surface area (Å²) in [6.07, 6.45) is 0.775. The van der Waals surface area contributed by atoms with E-state index in [9.17, 15) is 4.79 Å². The number of benzene rings is 1. The SMILES string of the molecule is CCc1c(Cl)cc(-c2ccc(=O)[nH]n2)cc1Cl.[KH]. The van der Waals surface area contributed by atoms with E-state index in [0.717, 1.165) is 17.5 Å². The van der Waals surface area contributed by atoms with Crippen LogP contribution in [0.4, 0.5) is 0 Å². The van der Waals surface area contributed by atoms with Crippen molar-refractivity contribution in [2.24, 2.45) is 0 Å². The first-order valence-corrected chi connectivity index (χ1v) is 5.91. The van der Waals surface area contributed by atoms with E-state index in [2.05, 4.69) is 10.2 Å². The second kappa shape index (κ2) is 7.19. The number of halogens is 2. The zero-order valence-electron chi connectivity index (χ0n) is 9.13. The summed E-state index contributed by atoms with van der Waals surface area (Å²) in [4.78, 5) is 10.9. The van der Waals surface area contributed by atoms with Gasteiger partial charge in [0.1, 0.15) is 0 Å². The van der Waals surface area contributed by atoms with Crippen LogP contribution in [-0.2, 0) is 6.42 Å². The molecule has 6 heteroatoms. The van der Waals surface area contributed by atoms with Crippen LogP contribution in [-0.4, -0.2) is 61.6 Å². The van der Waals surface area contributed by atoms with Crippen molar-refractivity contribution in [3.63, 3.8) is 0 Å². The fraction of sp³-hybridized carbons (Fsp3) is 0.167. The summed E-state index contributed by atoms with van der Waals surface area (Å²) < 4.78 is 0. The van der Waals surface area contributed by atoms with Gasteiger partial charge in [0.05, 0.1) is 5.69 Å². The molecule has 0 saturated carbocycles. The Morgan fingerprint density at radius 3 is 2.28 bits per heavy atom. The first-order valence-electron chi connectivity index (χ1n) is 5.16. The van der Waals surface area contributed by atoms with Crippen LogP contribution >= 0.6 is 23.2 Å². The Bertz CT molecular complexity index is 570. The monoisotopic (exact) mass is 308 g/mol. The van der Waals surface area contributed by atoms with Crippen molar-refractivity contribution >= 4 is 74.6 Å². The number of nitrogens with zero attached hydrogens (tertiary/aromatic N) is 1. The Hall–Kier alpha value is 0.316. The molecule has 2 rings (SSSR count). The van der Waals surface area contributed by atoms with Gasteiger partial charge in [0.15, 0.2) is 0 Å². The van der Waals surface area contributed by atoms with E-state index >= 15 is 0 Å². The predicted molar refractivity (Wildman–Crippen MR) is 76.8 cm³/mol. The van der Waals surface area contributed by atoms with Crippen LogP contribution in [0.25, 0.3) is 11.3 Å². The first kappa shape index (κ1) is 16.4. The van der Waals surface area contributed by atoms with Gasteiger partial charge in [0, 0.05) is 21.7 Å². The molecule has 0 spiro atoms. The number of nitrogens with one attached hydrogen (secondary N) is 1. The van der Waals surface area contributed by atoms with Gasteiger partial charge in [-0.3, -0.25) is 4.79 Å². The van der Waals surface area contributed by atoms with Crippen molar-refractivity contribution in [2.45, 2.75) is 13.3 Å². The first-order chi connectivity index (χ1) is 8.11. The fourth-order valence-electron chi connectivity index (χ4n) is 1.59. The minimum atomic E-state index is -0.240. The molecule has 0 aliphatic carbocycles. The van der Waals surface area contributed by atoms with E-state index in [4.69, 9.17) is 23.2 Å². The second-order valence-corrected chi connectivity index (χ2v) is 4.39. The van der Waals surface area contributed by atoms with E-state index in [1.54, 1.807) is 18.2 Å². The number of hydrogen-bond donors (Lipinski definition) is 1. The molecule has 1 aromatic heterocycles. The van der Waals surface area contributed by atoms with Crippen LogP contribution in [0.5, 0.6) is 0 Å². The third-order valence-electron chi connectivity index (χ3n) is 2.47. The van der Waals surface area contributed by atoms with Crippen molar-refractivity contribution in [1.29, 1.82) is 0 Å². The molecule has 18 heavy (non-hydrogen) atoms. The number of rotatable bonds is 2. The van der Waals surface area contributed by atoms with E-state index < -0.39 is 0 Å². The molecule has 0 saturated heterocycles. The van der Waals surface area contributed by atoms with Gasteiger partial charge in [-0.25, -0.2) is 5.10 Å². The predicted octanol–water partition coefficient (Wildman–Crippen LogP) is 2.66. The molecule has 1 heterocycles. The van der Waals surface area contributed by atoms with Gasteiger partial charge in [0.25, 0.3) is 5.56 Å². The molecule has 0 unspecified atom stereocenters. The van der Waals surface area contributed by atoms with Crippen LogP contribution in [0.15, 0.2) is 29.1 Å². The Kier molecular flexibility index (Phi) is 6.54. The van der Waals surface area contributed by atoms with Crippen molar-refractivity contribution in [3.05, 3.63) is 50.2 Å². The maximum absolute atomic E-state index is 10.9. The molecule has 0 aliphatic rings. The molecule has 2 aromatic rings. The van der Waals surface area contributed by atoms with Gasteiger partial charge in [-0.15, -0.1) is 0 Å². The number of hydrogen-bond acceptors (Lipinski definition) is 2. The van der Waals surface area contributed by atoms with E-state index in [1.807, 2.05) is 6.92 Å². The second-order valence-electron chi connectivity index (χ2n) is 3.58. The average Bonchev–Trinajstić information content (AvgIpc) is 2.29. The Balaban J connectivity index is 0.00000162. The maximum atomic E-state index is 10.9. The third kappa shape index (κ3) is 3.67. The molecule has 3 nitrogen and oxygen atoms in total. The molecule has 90 valence electrons.